The van der Waals surface area contributed by atoms with E-state index in [1.54, 1.807) is 12.1 Å². The molecule has 8 heteroatoms. The molecule has 1 heterocycles. The minimum absolute atomic E-state index is 0.0256. The molecule has 1 aromatic heterocycles. The van der Waals surface area contributed by atoms with Crippen LogP contribution in [0.4, 0.5) is 5.69 Å². The Hall–Kier alpha value is -3.68. The van der Waals surface area contributed by atoms with E-state index in [4.69, 9.17) is 13.9 Å². The van der Waals surface area contributed by atoms with Crippen molar-refractivity contribution in [3.8, 4) is 5.75 Å². The number of hydrogen-bond acceptors (Lipinski definition) is 7. The minimum atomic E-state index is -0.718. The zero-order valence-corrected chi connectivity index (χ0v) is 15.0. The van der Waals surface area contributed by atoms with Gasteiger partial charge in [0.05, 0.1) is 4.92 Å². The lowest BCUT2D eigenvalue weighted by Crippen LogP contribution is -2.16. The number of carbonyl (C=O) groups is 1. The van der Waals surface area contributed by atoms with Crippen molar-refractivity contribution in [2.45, 2.75) is 20.0 Å². The molecule has 0 saturated heterocycles. The smallest absolute Gasteiger partial charge is 0.344 e. The van der Waals surface area contributed by atoms with E-state index in [0.29, 0.717) is 16.5 Å². The third-order valence-electron chi connectivity index (χ3n) is 4.10. The molecule has 0 aliphatic rings. The zero-order chi connectivity index (χ0) is 20.1. The predicted octanol–water partition coefficient (Wildman–Crippen LogP) is 3.39. The average molecular weight is 383 g/mol. The molecule has 144 valence electrons. The first-order valence-corrected chi connectivity index (χ1v) is 8.55. The molecule has 0 spiro atoms. The topological polar surface area (TPSA) is 109 Å². The maximum atomic E-state index is 12.0. The molecule has 0 unspecified atom stereocenters. The monoisotopic (exact) mass is 383 g/mol. The van der Waals surface area contributed by atoms with E-state index in [0.717, 1.165) is 12.0 Å². The van der Waals surface area contributed by atoms with E-state index in [1.807, 2.05) is 19.1 Å². The quantitative estimate of drug-likeness (QED) is 0.266. The number of rotatable bonds is 7. The van der Waals surface area contributed by atoms with Crippen molar-refractivity contribution in [3.05, 3.63) is 80.2 Å². The van der Waals surface area contributed by atoms with Crippen LogP contribution in [-0.4, -0.2) is 17.5 Å². The summed E-state index contributed by atoms with van der Waals surface area (Å²) in [6.45, 7) is 1.35. The number of esters is 1. The van der Waals surface area contributed by atoms with E-state index in [-0.39, 0.29) is 18.0 Å². The van der Waals surface area contributed by atoms with E-state index in [9.17, 15) is 19.7 Å². The number of nitro groups is 1. The molecule has 28 heavy (non-hydrogen) atoms. The van der Waals surface area contributed by atoms with Crippen LogP contribution in [0, 0.1) is 10.1 Å². The average Bonchev–Trinajstić information content (AvgIpc) is 2.69. The van der Waals surface area contributed by atoms with Crippen molar-refractivity contribution in [2.75, 3.05) is 6.61 Å². The molecule has 0 atom stereocenters. The van der Waals surface area contributed by atoms with E-state index in [2.05, 4.69) is 0 Å². The number of hydrogen-bond donors (Lipinski definition) is 0. The van der Waals surface area contributed by atoms with E-state index >= 15 is 0 Å². The van der Waals surface area contributed by atoms with Crippen molar-refractivity contribution in [1.82, 2.24) is 0 Å². The van der Waals surface area contributed by atoms with Gasteiger partial charge in [0.25, 0.3) is 0 Å². The summed E-state index contributed by atoms with van der Waals surface area (Å²) in [6.07, 6.45) is 0.793. The van der Waals surface area contributed by atoms with Crippen molar-refractivity contribution in [2.24, 2.45) is 0 Å². The first-order valence-electron chi connectivity index (χ1n) is 8.55. The Morgan fingerprint density at radius 2 is 1.96 bits per heavy atom. The molecule has 8 nitrogen and oxygen atoms in total. The third-order valence-corrected chi connectivity index (χ3v) is 4.10. The Kier molecular flexibility index (Phi) is 5.69. The summed E-state index contributed by atoms with van der Waals surface area (Å²) in [5.74, 6) is -0.743. The molecule has 0 aliphatic heterocycles. The number of para-hydroxylation sites is 2. The number of fused-ring (bicyclic) bond motifs is 1. The Balaban J connectivity index is 1.68. The van der Waals surface area contributed by atoms with Gasteiger partial charge in [-0.15, -0.1) is 0 Å². The molecule has 0 amide bonds. The number of ether oxygens (including phenoxy) is 2. The summed E-state index contributed by atoms with van der Waals surface area (Å²) < 4.78 is 15.6. The summed E-state index contributed by atoms with van der Waals surface area (Å²) in [5.41, 5.74) is 1.17. The molecule has 0 bridgehead atoms. The highest BCUT2D eigenvalue weighted by Gasteiger charge is 2.16. The lowest BCUT2D eigenvalue weighted by atomic mass is 10.1. The molecule has 0 saturated carbocycles. The summed E-state index contributed by atoms with van der Waals surface area (Å²) in [4.78, 5) is 34.1. The molecule has 2 aromatic carbocycles. The van der Waals surface area contributed by atoms with Gasteiger partial charge in [0, 0.05) is 23.1 Å². The van der Waals surface area contributed by atoms with Crippen LogP contribution in [0.1, 0.15) is 18.1 Å². The van der Waals surface area contributed by atoms with E-state index in [1.165, 1.54) is 24.3 Å². The second-order valence-corrected chi connectivity index (χ2v) is 5.95. The van der Waals surface area contributed by atoms with Crippen molar-refractivity contribution >= 4 is 22.6 Å². The van der Waals surface area contributed by atoms with Gasteiger partial charge in [-0.1, -0.05) is 31.2 Å². The molecule has 0 aliphatic carbocycles. The minimum Gasteiger partial charge on any atom is -0.475 e. The van der Waals surface area contributed by atoms with Gasteiger partial charge in [-0.2, -0.15) is 0 Å². The number of nitrogens with zero attached hydrogens (tertiary/aromatic N) is 1. The van der Waals surface area contributed by atoms with Gasteiger partial charge in [0.15, 0.2) is 12.4 Å². The first kappa shape index (κ1) is 19.1. The van der Waals surface area contributed by atoms with Crippen LogP contribution in [0.5, 0.6) is 5.75 Å². The largest absolute Gasteiger partial charge is 0.475 e. The maximum Gasteiger partial charge on any atom is 0.344 e. The normalized spacial score (nSPS) is 10.6. The Morgan fingerprint density at radius 1 is 1.18 bits per heavy atom. The van der Waals surface area contributed by atoms with Gasteiger partial charge in [-0.05, 0) is 24.1 Å². The molecule has 3 rings (SSSR count). The van der Waals surface area contributed by atoms with Gasteiger partial charge in [-0.25, -0.2) is 9.59 Å². The fraction of sp³-hybridized carbons (Fsp3) is 0.200. The fourth-order valence-corrected chi connectivity index (χ4v) is 2.68. The number of aryl methyl sites for hydroxylation is 1. The highest BCUT2D eigenvalue weighted by Crippen LogP contribution is 2.25. The van der Waals surface area contributed by atoms with Crippen molar-refractivity contribution in [1.29, 1.82) is 0 Å². The van der Waals surface area contributed by atoms with Gasteiger partial charge in [0.1, 0.15) is 12.2 Å². The van der Waals surface area contributed by atoms with Crippen LogP contribution in [0.15, 0.2) is 57.7 Å². The van der Waals surface area contributed by atoms with Crippen LogP contribution in [0.3, 0.4) is 0 Å². The Bertz CT molecular complexity index is 1090. The number of carbonyl (C=O) groups excluding carboxylic acids is 1. The van der Waals surface area contributed by atoms with Crippen LogP contribution < -0.4 is 10.4 Å². The second-order valence-electron chi connectivity index (χ2n) is 5.95. The molecule has 0 N–H and O–H groups in total. The first-order chi connectivity index (χ1) is 13.5. The van der Waals surface area contributed by atoms with E-state index < -0.39 is 23.1 Å². The number of nitro benzene ring substituents is 1. The number of benzene rings is 2. The van der Waals surface area contributed by atoms with Gasteiger partial charge >= 0.3 is 17.3 Å². The predicted molar refractivity (Wildman–Crippen MR) is 100 cm³/mol. The third kappa shape index (κ3) is 4.35. The summed E-state index contributed by atoms with van der Waals surface area (Å²) >= 11 is 0. The second kappa shape index (κ2) is 8.34. The standard InChI is InChI=1S/C20H17NO7/c1-2-13-7-8-15-14(10-19(22)28-18(15)9-13)11-27-20(23)12-26-17-6-4-3-5-16(17)21(24)25/h3-10H,2,11-12H2,1H3. The van der Waals surface area contributed by atoms with Crippen LogP contribution >= 0.6 is 0 Å². The lowest BCUT2D eigenvalue weighted by molar-refractivity contribution is -0.385. The van der Waals surface area contributed by atoms with Crippen LogP contribution in [0.25, 0.3) is 11.0 Å². The molecule has 3 aromatic rings. The summed E-state index contributed by atoms with van der Waals surface area (Å²) in [5, 5.41) is 11.6. The van der Waals surface area contributed by atoms with Gasteiger partial charge in [-0.3, -0.25) is 10.1 Å². The molecular formula is C20H17NO7. The zero-order valence-electron chi connectivity index (χ0n) is 15.0. The van der Waals surface area contributed by atoms with Gasteiger partial charge in [0.2, 0.25) is 0 Å². The highest BCUT2D eigenvalue weighted by molar-refractivity contribution is 5.81. The lowest BCUT2D eigenvalue weighted by Gasteiger charge is -2.09. The maximum absolute atomic E-state index is 12.0. The van der Waals surface area contributed by atoms with Crippen LogP contribution in [0.2, 0.25) is 0 Å². The SMILES string of the molecule is CCc1ccc2c(COC(=O)COc3ccccc3[N+](=O)[O-])cc(=O)oc2c1. The molecular weight excluding hydrogens is 366 g/mol. The Labute approximate surface area is 159 Å². The van der Waals surface area contributed by atoms with Crippen molar-refractivity contribution in [3.63, 3.8) is 0 Å². The molecule has 0 radical (unpaired) electrons. The summed E-state index contributed by atoms with van der Waals surface area (Å²) in [7, 11) is 0. The van der Waals surface area contributed by atoms with Gasteiger partial charge < -0.3 is 13.9 Å². The fourth-order valence-electron chi connectivity index (χ4n) is 2.68. The molecule has 0 fully saturated rings. The van der Waals surface area contributed by atoms with Crippen LogP contribution in [-0.2, 0) is 22.6 Å². The highest BCUT2D eigenvalue weighted by atomic mass is 16.6. The summed E-state index contributed by atoms with van der Waals surface area (Å²) in [6, 6.07) is 12.5. The van der Waals surface area contributed by atoms with Crippen molar-refractivity contribution < 1.29 is 23.6 Å². The Morgan fingerprint density at radius 3 is 2.71 bits per heavy atom.